The largest absolute Gasteiger partial charge is 0.316 e. The van der Waals surface area contributed by atoms with Crippen LogP contribution in [-0.2, 0) is 23.0 Å². The molecule has 0 amide bonds. The molecule has 2 N–H and O–H groups in total. The predicted molar refractivity (Wildman–Crippen MR) is 137 cm³/mol. The summed E-state index contributed by atoms with van der Waals surface area (Å²) in [5.74, 6) is 1.000. The maximum atomic E-state index is 12.2. The first-order valence-electron chi connectivity index (χ1n) is 10.7. The third-order valence-electron chi connectivity index (χ3n) is 5.33. The van der Waals surface area contributed by atoms with Gasteiger partial charge in [-0.1, -0.05) is 80.0 Å². The second-order valence-corrected chi connectivity index (χ2v) is 11.7. The number of carbonyl (C=O) groups is 1. The van der Waals surface area contributed by atoms with Crippen LogP contribution in [0.5, 0.6) is 0 Å². The van der Waals surface area contributed by atoms with Crippen molar-refractivity contribution >= 4 is 39.2 Å². The van der Waals surface area contributed by atoms with Crippen molar-refractivity contribution in [1.82, 2.24) is 9.55 Å². The van der Waals surface area contributed by atoms with Gasteiger partial charge >= 0.3 is 0 Å². The highest BCUT2D eigenvalue weighted by Crippen LogP contribution is 2.36. The topological polar surface area (TPSA) is 95.0 Å². The normalized spacial score (nSPS) is 11.8. The summed E-state index contributed by atoms with van der Waals surface area (Å²) in [5, 5.41) is 5.66. The zero-order valence-corrected chi connectivity index (χ0v) is 21.1. The molecule has 4 aromatic rings. The number of imidazole rings is 1. The Kier molecular flexibility index (Phi) is 7.04. The molecule has 4 rings (SSSR count). The van der Waals surface area contributed by atoms with Crippen LogP contribution in [0.1, 0.15) is 34.8 Å². The molecular weight excluding hydrogens is 490 g/mol. The number of thiophene rings is 1. The molecule has 2 heterocycles. The van der Waals surface area contributed by atoms with Gasteiger partial charge in [0.15, 0.2) is 11.4 Å². The molecule has 6 nitrogen and oxygen atoms in total. The number of benzene rings is 2. The van der Waals surface area contributed by atoms with E-state index in [1.807, 2.05) is 60.7 Å². The summed E-state index contributed by atoms with van der Waals surface area (Å²) in [4.78, 5) is 17.1. The molecular formula is C25H24ClN3O3S2. The van der Waals surface area contributed by atoms with Crippen LogP contribution < -0.4 is 5.14 Å². The molecule has 0 fully saturated rings. The lowest BCUT2D eigenvalue weighted by Gasteiger charge is -2.11. The molecule has 9 heteroatoms. The molecule has 2 aromatic carbocycles. The maximum absolute atomic E-state index is 12.2. The minimum atomic E-state index is -3.85. The second-order valence-electron chi connectivity index (χ2n) is 8.44. The van der Waals surface area contributed by atoms with E-state index < -0.39 is 10.0 Å². The van der Waals surface area contributed by atoms with E-state index in [2.05, 4.69) is 18.8 Å². The van der Waals surface area contributed by atoms with Gasteiger partial charge in [0.2, 0.25) is 10.0 Å². The molecule has 0 aliphatic rings. The molecule has 0 aliphatic heterocycles. The Balaban J connectivity index is 1.70. The number of halogens is 1. The highest BCUT2D eigenvalue weighted by atomic mass is 35.5. The number of sulfonamides is 1. The van der Waals surface area contributed by atoms with E-state index in [1.165, 1.54) is 11.3 Å². The van der Waals surface area contributed by atoms with Crippen LogP contribution in [0, 0.1) is 5.92 Å². The van der Waals surface area contributed by atoms with Crippen molar-refractivity contribution in [2.75, 3.05) is 0 Å². The summed E-state index contributed by atoms with van der Waals surface area (Å²) in [6, 6.07) is 19.0. The number of nitrogens with two attached hydrogens (primary N) is 1. The molecule has 0 saturated heterocycles. The van der Waals surface area contributed by atoms with Crippen LogP contribution in [0.15, 0.2) is 64.9 Å². The fourth-order valence-electron chi connectivity index (χ4n) is 3.83. The number of aromatic nitrogens is 2. The van der Waals surface area contributed by atoms with Gasteiger partial charge in [0.25, 0.3) is 0 Å². The van der Waals surface area contributed by atoms with Gasteiger partial charge in [-0.25, -0.2) is 18.5 Å². The van der Waals surface area contributed by atoms with Gasteiger partial charge < -0.3 is 4.57 Å². The van der Waals surface area contributed by atoms with Gasteiger partial charge in [-0.3, -0.25) is 4.79 Å². The van der Waals surface area contributed by atoms with Gasteiger partial charge in [0.1, 0.15) is 15.7 Å². The summed E-state index contributed by atoms with van der Waals surface area (Å²) >= 11 is 7.46. The van der Waals surface area contributed by atoms with Crippen LogP contribution >= 0.6 is 22.9 Å². The number of hydrogen-bond donors (Lipinski definition) is 1. The smallest absolute Gasteiger partial charge is 0.248 e. The Morgan fingerprint density at radius 3 is 2.35 bits per heavy atom. The van der Waals surface area contributed by atoms with E-state index >= 15 is 0 Å². The highest BCUT2D eigenvalue weighted by Gasteiger charge is 2.21. The fourth-order valence-corrected chi connectivity index (χ4v) is 6.44. The highest BCUT2D eigenvalue weighted by molar-refractivity contribution is 7.91. The van der Waals surface area contributed by atoms with Gasteiger partial charge in [-0.15, -0.1) is 11.3 Å². The average Bonchev–Trinajstić information content (AvgIpc) is 3.35. The lowest BCUT2D eigenvalue weighted by molar-refractivity contribution is 0.111. The first kappa shape index (κ1) is 24.3. The van der Waals surface area contributed by atoms with Crippen molar-refractivity contribution < 1.29 is 13.2 Å². The Labute approximate surface area is 208 Å². The SMILES string of the molecule is CC(C)Cc1cc(-c2ccc(Cn3c(-c4ccccc4)nc(Cl)c3C=O)cc2)c(S(N)(=O)=O)s1. The number of nitrogens with zero attached hydrogens (tertiary/aromatic N) is 2. The Bertz CT molecular complexity index is 1420. The van der Waals surface area contributed by atoms with Crippen LogP contribution in [-0.4, -0.2) is 24.3 Å². The van der Waals surface area contributed by atoms with Gasteiger partial charge in [-0.2, -0.15) is 0 Å². The van der Waals surface area contributed by atoms with Crippen molar-refractivity contribution in [2.24, 2.45) is 11.1 Å². The number of rotatable bonds is 8. The minimum absolute atomic E-state index is 0.152. The number of carbonyl (C=O) groups excluding carboxylic acids is 1. The molecule has 0 atom stereocenters. The Hall–Kier alpha value is -2.78. The second kappa shape index (κ2) is 9.84. The fraction of sp³-hybridized carbons (Fsp3) is 0.200. The van der Waals surface area contributed by atoms with E-state index in [9.17, 15) is 13.2 Å². The molecule has 0 saturated carbocycles. The molecule has 0 unspecified atom stereocenters. The van der Waals surface area contributed by atoms with E-state index in [-0.39, 0.29) is 9.36 Å². The predicted octanol–water partition coefficient (Wildman–Crippen LogP) is 5.64. The summed E-state index contributed by atoms with van der Waals surface area (Å²) in [7, 11) is -3.85. The average molecular weight is 514 g/mol. The monoisotopic (exact) mass is 513 g/mol. The van der Waals surface area contributed by atoms with E-state index in [0.29, 0.717) is 35.8 Å². The first-order valence-corrected chi connectivity index (χ1v) is 13.4. The van der Waals surface area contributed by atoms with Gasteiger partial charge in [0, 0.05) is 22.5 Å². The zero-order chi connectivity index (χ0) is 24.5. The summed E-state index contributed by atoms with van der Waals surface area (Å²) in [6.45, 7) is 4.55. The third kappa shape index (κ3) is 5.15. The summed E-state index contributed by atoms with van der Waals surface area (Å²) in [5.41, 5.74) is 3.44. The lowest BCUT2D eigenvalue weighted by Crippen LogP contribution is -2.11. The lowest BCUT2D eigenvalue weighted by atomic mass is 10.0. The van der Waals surface area contributed by atoms with Gasteiger partial charge in [0.05, 0.1) is 0 Å². The number of aldehydes is 1. The van der Waals surface area contributed by atoms with Crippen LogP contribution in [0.4, 0.5) is 0 Å². The molecule has 176 valence electrons. The quantitative estimate of drug-likeness (QED) is 0.308. The third-order valence-corrected chi connectivity index (χ3v) is 8.24. The first-order chi connectivity index (χ1) is 16.2. The Morgan fingerprint density at radius 1 is 1.09 bits per heavy atom. The van der Waals surface area contributed by atoms with E-state index in [4.69, 9.17) is 16.7 Å². The van der Waals surface area contributed by atoms with Crippen LogP contribution in [0.3, 0.4) is 0 Å². The van der Waals surface area contributed by atoms with Crippen LogP contribution in [0.25, 0.3) is 22.5 Å². The maximum Gasteiger partial charge on any atom is 0.248 e. The number of hydrogen-bond acceptors (Lipinski definition) is 5. The molecule has 0 aliphatic carbocycles. The zero-order valence-electron chi connectivity index (χ0n) is 18.7. The van der Waals surface area contributed by atoms with Crippen molar-refractivity contribution in [3.63, 3.8) is 0 Å². The molecule has 34 heavy (non-hydrogen) atoms. The number of primary sulfonamides is 1. The van der Waals surface area contributed by atoms with Crippen molar-refractivity contribution in [3.05, 3.63) is 82.0 Å². The summed E-state index contributed by atoms with van der Waals surface area (Å²) < 4.78 is 26.4. The van der Waals surface area contributed by atoms with E-state index in [1.54, 1.807) is 4.57 Å². The van der Waals surface area contributed by atoms with Gasteiger partial charge in [-0.05, 0) is 29.5 Å². The molecule has 2 aromatic heterocycles. The molecule has 0 spiro atoms. The van der Waals surface area contributed by atoms with Crippen molar-refractivity contribution in [2.45, 2.75) is 31.0 Å². The standard InChI is InChI=1S/C25H24ClN3O3S2/c1-16(2)12-20-13-21(25(33-20)34(27,31)32)18-10-8-17(9-11-18)14-29-22(15-30)23(26)28-24(29)19-6-4-3-5-7-19/h3-11,13,15-16H,12,14H2,1-2H3,(H2,27,31,32). The Morgan fingerprint density at radius 2 is 1.76 bits per heavy atom. The summed E-state index contributed by atoms with van der Waals surface area (Å²) in [6.07, 6.45) is 1.49. The van der Waals surface area contributed by atoms with Crippen LogP contribution in [0.2, 0.25) is 5.15 Å². The van der Waals surface area contributed by atoms with Crippen molar-refractivity contribution in [1.29, 1.82) is 0 Å². The molecule has 0 radical (unpaired) electrons. The minimum Gasteiger partial charge on any atom is -0.316 e. The molecule has 0 bridgehead atoms. The van der Waals surface area contributed by atoms with Crippen molar-refractivity contribution in [3.8, 4) is 22.5 Å². The van der Waals surface area contributed by atoms with E-state index in [0.717, 1.165) is 28.0 Å².